The molecule has 9 nitrogen and oxygen atoms in total. The number of hydrogen-bond acceptors (Lipinski definition) is 8. The number of nitrogens with one attached hydrogen (secondary N) is 1. The molecule has 3 aliphatic rings. The number of nitrogens with zero attached hydrogens (tertiary/aromatic N) is 5. The molecule has 1 saturated carbocycles. The van der Waals surface area contributed by atoms with Crippen LogP contribution in [0.4, 0.5) is 11.8 Å². The van der Waals surface area contributed by atoms with Crippen molar-refractivity contribution in [2.24, 2.45) is 0 Å². The van der Waals surface area contributed by atoms with Gasteiger partial charge in [-0.25, -0.2) is 4.98 Å². The SMILES string of the molecule is CNC(=O)c1cccc(-c2ccc3c(N4CCOC[C@@H]4C)nc(N4CCOC5CCC54)nc3n2)c1. The number of benzene rings is 1. The van der Waals surface area contributed by atoms with Gasteiger partial charge in [0, 0.05) is 31.3 Å². The molecule has 1 aliphatic carbocycles. The van der Waals surface area contributed by atoms with Crippen molar-refractivity contribution >= 4 is 28.7 Å². The van der Waals surface area contributed by atoms with Crippen molar-refractivity contribution in [2.45, 2.75) is 38.0 Å². The number of morpholine rings is 2. The van der Waals surface area contributed by atoms with Crippen molar-refractivity contribution in [2.75, 3.05) is 49.8 Å². The van der Waals surface area contributed by atoms with Crippen LogP contribution in [0, 0.1) is 0 Å². The van der Waals surface area contributed by atoms with E-state index in [9.17, 15) is 4.79 Å². The molecule has 0 spiro atoms. The Kier molecular flexibility index (Phi) is 5.74. The van der Waals surface area contributed by atoms with E-state index < -0.39 is 0 Å². The molecule has 1 N–H and O–H groups in total. The normalized spacial score (nSPS) is 24.1. The molecule has 6 rings (SSSR count). The first kappa shape index (κ1) is 22.2. The standard InChI is InChI=1S/C26H30N6O3/c1-16-15-34-12-10-31(16)24-19-6-7-20(17-4-3-5-18(14-17)25(33)27-2)28-23(19)29-26(30-24)32-11-13-35-22-9-8-21(22)32/h3-7,14,16,21-22H,8-13,15H2,1-2H3,(H,27,33)/t16-,21?,22?/m0/s1. The second kappa shape index (κ2) is 9.05. The molecule has 3 fully saturated rings. The van der Waals surface area contributed by atoms with Gasteiger partial charge in [0.1, 0.15) is 5.82 Å². The van der Waals surface area contributed by atoms with Gasteiger partial charge in [0.2, 0.25) is 5.95 Å². The van der Waals surface area contributed by atoms with Gasteiger partial charge in [-0.05, 0) is 44.0 Å². The molecule has 0 radical (unpaired) electrons. The summed E-state index contributed by atoms with van der Waals surface area (Å²) in [6.45, 7) is 5.74. The van der Waals surface area contributed by atoms with E-state index >= 15 is 0 Å². The van der Waals surface area contributed by atoms with Gasteiger partial charge in [-0.15, -0.1) is 0 Å². The first-order valence-corrected chi connectivity index (χ1v) is 12.4. The molecular weight excluding hydrogens is 444 g/mol. The maximum absolute atomic E-state index is 12.2. The lowest BCUT2D eigenvalue weighted by molar-refractivity contribution is -0.0400. The number of amides is 1. The summed E-state index contributed by atoms with van der Waals surface area (Å²) >= 11 is 0. The Labute approximate surface area is 204 Å². The summed E-state index contributed by atoms with van der Waals surface area (Å²) in [5, 5.41) is 3.61. The minimum absolute atomic E-state index is 0.122. The van der Waals surface area contributed by atoms with Gasteiger partial charge in [0.15, 0.2) is 5.65 Å². The number of anilines is 2. The van der Waals surface area contributed by atoms with E-state index in [1.807, 2.05) is 24.3 Å². The predicted octanol–water partition coefficient (Wildman–Crippen LogP) is 2.64. The summed E-state index contributed by atoms with van der Waals surface area (Å²) in [6, 6.07) is 12.1. The monoisotopic (exact) mass is 474 g/mol. The van der Waals surface area contributed by atoms with Gasteiger partial charge >= 0.3 is 0 Å². The van der Waals surface area contributed by atoms with Gasteiger partial charge in [-0.1, -0.05) is 12.1 Å². The van der Waals surface area contributed by atoms with E-state index in [0.29, 0.717) is 43.0 Å². The Morgan fingerprint density at radius 3 is 2.74 bits per heavy atom. The molecular formula is C26H30N6O3. The van der Waals surface area contributed by atoms with Gasteiger partial charge < -0.3 is 24.6 Å². The van der Waals surface area contributed by atoms with E-state index in [-0.39, 0.29) is 18.1 Å². The summed E-state index contributed by atoms with van der Waals surface area (Å²) in [5.41, 5.74) is 2.91. The van der Waals surface area contributed by atoms with Gasteiger partial charge in [-0.3, -0.25) is 4.79 Å². The molecule has 2 saturated heterocycles. The third kappa shape index (κ3) is 3.98. The van der Waals surface area contributed by atoms with Crippen LogP contribution in [0.3, 0.4) is 0 Å². The Hall–Kier alpha value is -3.30. The second-order valence-corrected chi connectivity index (χ2v) is 9.44. The van der Waals surface area contributed by atoms with Crippen LogP contribution >= 0.6 is 0 Å². The zero-order valence-corrected chi connectivity index (χ0v) is 20.1. The average Bonchev–Trinajstić information content (AvgIpc) is 2.88. The van der Waals surface area contributed by atoms with Gasteiger partial charge in [0.05, 0.1) is 49.1 Å². The third-order valence-corrected chi connectivity index (χ3v) is 7.31. The number of aromatic nitrogens is 3. The molecule has 1 amide bonds. The average molecular weight is 475 g/mol. The highest BCUT2D eigenvalue weighted by Crippen LogP contribution is 2.36. The lowest BCUT2D eigenvalue weighted by Crippen LogP contribution is -2.58. The van der Waals surface area contributed by atoms with E-state index in [0.717, 1.165) is 48.4 Å². The third-order valence-electron chi connectivity index (χ3n) is 7.31. The summed E-state index contributed by atoms with van der Waals surface area (Å²) in [7, 11) is 1.63. The zero-order chi connectivity index (χ0) is 23.9. The van der Waals surface area contributed by atoms with Gasteiger partial charge in [0.25, 0.3) is 5.91 Å². The van der Waals surface area contributed by atoms with Crippen LogP contribution < -0.4 is 15.1 Å². The summed E-state index contributed by atoms with van der Waals surface area (Å²) in [6.07, 6.45) is 2.45. The molecule has 3 atom stereocenters. The van der Waals surface area contributed by atoms with Crippen LogP contribution in [-0.2, 0) is 9.47 Å². The van der Waals surface area contributed by atoms with E-state index in [2.05, 4.69) is 28.1 Å². The summed E-state index contributed by atoms with van der Waals surface area (Å²) in [5.74, 6) is 1.50. The fraction of sp³-hybridized carbons (Fsp3) is 0.462. The number of ether oxygens (including phenoxy) is 2. The van der Waals surface area contributed by atoms with Crippen molar-refractivity contribution in [3.8, 4) is 11.3 Å². The van der Waals surface area contributed by atoms with E-state index in [1.165, 1.54) is 0 Å². The number of rotatable bonds is 4. The lowest BCUT2D eigenvalue weighted by atomic mass is 9.86. The van der Waals surface area contributed by atoms with Crippen LogP contribution in [0.5, 0.6) is 0 Å². The van der Waals surface area contributed by atoms with Crippen molar-refractivity contribution < 1.29 is 14.3 Å². The van der Waals surface area contributed by atoms with Crippen LogP contribution in [0.1, 0.15) is 30.1 Å². The van der Waals surface area contributed by atoms with Crippen LogP contribution in [-0.4, -0.2) is 79.0 Å². The molecule has 0 bridgehead atoms. The Bertz CT molecular complexity index is 1270. The zero-order valence-electron chi connectivity index (χ0n) is 20.1. The fourth-order valence-corrected chi connectivity index (χ4v) is 5.22. The number of pyridine rings is 1. The fourth-order valence-electron chi connectivity index (χ4n) is 5.22. The molecule has 2 unspecified atom stereocenters. The van der Waals surface area contributed by atoms with Crippen molar-refractivity contribution in [1.29, 1.82) is 0 Å². The molecule has 182 valence electrons. The van der Waals surface area contributed by atoms with Crippen molar-refractivity contribution in [3.63, 3.8) is 0 Å². The number of fused-ring (bicyclic) bond motifs is 2. The largest absolute Gasteiger partial charge is 0.377 e. The van der Waals surface area contributed by atoms with Crippen LogP contribution in [0.25, 0.3) is 22.3 Å². The molecule has 9 heteroatoms. The van der Waals surface area contributed by atoms with E-state index in [4.69, 9.17) is 24.4 Å². The maximum Gasteiger partial charge on any atom is 0.251 e. The van der Waals surface area contributed by atoms with Gasteiger partial charge in [-0.2, -0.15) is 9.97 Å². The smallest absolute Gasteiger partial charge is 0.251 e. The topological polar surface area (TPSA) is 92.7 Å². The molecule has 3 aromatic rings. The molecule has 4 heterocycles. The first-order valence-electron chi connectivity index (χ1n) is 12.4. The van der Waals surface area contributed by atoms with E-state index in [1.54, 1.807) is 13.1 Å². The summed E-state index contributed by atoms with van der Waals surface area (Å²) < 4.78 is 11.6. The highest BCUT2D eigenvalue weighted by atomic mass is 16.5. The predicted molar refractivity (Wildman–Crippen MR) is 134 cm³/mol. The molecule has 1 aromatic carbocycles. The van der Waals surface area contributed by atoms with Crippen LogP contribution in [0.15, 0.2) is 36.4 Å². The van der Waals surface area contributed by atoms with Crippen LogP contribution in [0.2, 0.25) is 0 Å². The Morgan fingerprint density at radius 2 is 1.94 bits per heavy atom. The number of carbonyl (C=O) groups excluding carboxylic acids is 1. The Balaban J connectivity index is 1.47. The number of carbonyl (C=O) groups is 1. The minimum atomic E-state index is -0.122. The number of hydrogen-bond donors (Lipinski definition) is 1. The van der Waals surface area contributed by atoms with Crippen molar-refractivity contribution in [3.05, 3.63) is 42.0 Å². The Morgan fingerprint density at radius 1 is 1.06 bits per heavy atom. The quantitative estimate of drug-likeness (QED) is 0.617. The minimum Gasteiger partial charge on any atom is -0.377 e. The highest BCUT2D eigenvalue weighted by Gasteiger charge is 2.41. The molecule has 2 aliphatic heterocycles. The summed E-state index contributed by atoms with van der Waals surface area (Å²) in [4.78, 5) is 31.8. The molecule has 35 heavy (non-hydrogen) atoms. The second-order valence-electron chi connectivity index (χ2n) is 9.44. The lowest BCUT2D eigenvalue weighted by Gasteiger charge is -2.48. The first-order chi connectivity index (χ1) is 17.1. The molecule has 2 aromatic heterocycles. The highest BCUT2D eigenvalue weighted by molar-refractivity contribution is 5.95. The maximum atomic E-state index is 12.2. The van der Waals surface area contributed by atoms with Crippen molar-refractivity contribution in [1.82, 2.24) is 20.3 Å².